The van der Waals surface area contributed by atoms with Crippen LogP contribution in [-0.2, 0) is 35.1 Å². The van der Waals surface area contributed by atoms with Crippen molar-refractivity contribution in [1.82, 2.24) is 0 Å². The van der Waals surface area contributed by atoms with Crippen LogP contribution in [0, 0.1) is 20.2 Å². The number of anilines is 1. The number of benzene rings is 3. The van der Waals surface area contributed by atoms with Gasteiger partial charge in [0.15, 0.2) is 5.60 Å². The van der Waals surface area contributed by atoms with Gasteiger partial charge in [-0.3, -0.25) is 38.6 Å². The van der Waals surface area contributed by atoms with E-state index in [0.29, 0.717) is 5.69 Å². The van der Waals surface area contributed by atoms with Gasteiger partial charge in [-0.15, -0.1) is 0 Å². The molecule has 13 heteroatoms. The normalized spacial score (nSPS) is 17.7. The highest BCUT2D eigenvalue weighted by Gasteiger charge is 2.62. The molecule has 4 rings (SSSR count). The first kappa shape index (κ1) is 27.1. The fourth-order valence-corrected chi connectivity index (χ4v) is 5.59. The van der Waals surface area contributed by atoms with Gasteiger partial charge in [0.2, 0.25) is 6.54 Å². The number of nitrogens with zero attached hydrogens (tertiary/aromatic N) is 3. The van der Waals surface area contributed by atoms with E-state index in [1.54, 1.807) is 24.3 Å². The molecule has 0 spiro atoms. The Labute approximate surface area is 217 Å². The lowest BCUT2D eigenvalue weighted by molar-refractivity contribution is -0.486. The average Bonchev–Trinajstić information content (AvgIpc) is 3.15. The first-order valence-corrected chi connectivity index (χ1v) is 12.8. The zero-order chi connectivity index (χ0) is 27.5. The van der Waals surface area contributed by atoms with Gasteiger partial charge < -0.3 is 4.90 Å². The minimum Gasteiger partial charge on any atom is -0.305 e. The number of nitro groups is 2. The van der Waals surface area contributed by atoms with Crippen molar-refractivity contribution in [1.29, 1.82) is 0 Å². The predicted octanol–water partition coefficient (Wildman–Crippen LogP) is 4.81. The molecule has 1 amide bonds. The number of nitro benzene ring substituents is 1. The second kappa shape index (κ2) is 10.8. The summed E-state index contributed by atoms with van der Waals surface area (Å²) in [6, 6.07) is 20.6. The molecule has 0 aromatic heterocycles. The number of phosphoric ester groups is 1. The van der Waals surface area contributed by atoms with E-state index in [9.17, 15) is 29.6 Å². The lowest BCUT2D eigenvalue weighted by Gasteiger charge is -2.36. The molecule has 1 heterocycles. The molecular formula is C25H24N3O9P. The average molecular weight is 541 g/mol. The monoisotopic (exact) mass is 541 g/mol. The van der Waals surface area contributed by atoms with Crippen molar-refractivity contribution in [3.05, 3.63) is 116 Å². The van der Waals surface area contributed by atoms with E-state index in [0.717, 1.165) is 19.8 Å². The molecule has 3 aromatic carbocycles. The second-order valence-corrected chi connectivity index (χ2v) is 10.3. The summed E-state index contributed by atoms with van der Waals surface area (Å²) in [6.07, 6.45) is 0. The Balaban J connectivity index is 1.97. The van der Waals surface area contributed by atoms with Gasteiger partial charge in [-0.2, -0.15) is 0 Å². The fourth-order valence-electron chi connectivity index (χ4n) is 4.63. The Morgan fingerprint density at radius 1 is 0.921 bits per heavy atom. The van der Waals surface area contributed by atoms with Crippen LogP contribution in [-0.4, -0.2) is 36.5 Å². The van der Waals surface area contributed by atoms with E-state index in [1.165, 1.54) is 29.2 Å². The van der Waals surface area contributed by atoms with Gasteiger partial charge in [-0.25, -0.2) is 4.57 Å². The van der Waals surface area contributed by atoms with Crippen LogP contribution in [0.15, 0.2) is 78.9 Å². The SMILES string of the molecule is COP(=O)(OC)O[C@@]1([C@@H](C[N+](=O)[O-])c2ccc([N+](=O)[O-])cc2)C(=O)N(Cc2ccccc2)c2ccccc21. The summed E-state index contributed by atoms with van der Waals surface area (Å²) >= 11 is 0. The minimum absolute atomic E-state index is 0.0948. The van der Waals surface area contributed by atoms with Gasteiger partial charge >= 0.3 is 7.82 Å². The summed E-state index contributed by atoms with van der Waals surface area (Å²) in [4.78, 5) is 37.7. The summed E-state index contributed by atoms with van der Waals surface area (Å²) in [5.41, 5.74) is -0.886. The molecule has 38 heavy (non-hydrogen) atoms. The van der Waals surface area contributed by atoms with Gasteiger partial charge in [-0.05, 0) is 17.2 Å². The summed E-state index contributed by atoms with van der Waals surface area (Å²) in [5, 5.41) is 23.2. The summed E-state index contributed by atoms with van der Waals surface area (Å²) in [6.45, 7) is -0.734. The third-order valence-electron chi connectivity index (χ3n) is 6.37. The lowest BCUT2D eigenvalue weighted by Crippen LogP contribution is -2.48. The van der Waals surface area contributed by atoms with Crippen molar-refractivity contribution in [2.75, 3.05) is 25.7 Å². The van der Waals surface area contributed by atoms with Crippen LogP contribution in [0.25, 0.3) is 0 Å². The van der Waals surface area contributed by atoms with E-state index in [2.05, 4.69) is 0 Å². The highest BCUT2D eigenvalue weighted by Crippen LogP contribution is 2.61. The van der Waals surface area contributed by atoms with Crippen LogP contribution < -0.4 is 4.90 Å². The van der Waals surface area contributed by atoms with E-state index >= 15 is 0 Å². The van der Waals surface area contributed by atoms with Crippen LogP contribution in [0.4, 0.5) is 11.4 Å². The first-order valence-electron chi connectivity index (χ1n) is 11.4. The van der Waals surface area contributed by atoms with E-state index in [-0.39, 0.29) is 23.4 Å². The summed E-state index contributed by atoms with van der Waals surface area (Å²) in [7, 11) is -2.28. The van der Waals surface area contributed by atoms with Crippen LogP contribution in [0.1, 0.15) is 22.6 Å². The van der Waals surface area contributed by atoms with Gasteiger partial charge in [0.1, 0.15) is 0 Å². The molecule has 0 aliphatic carbocycles. The molecule has 0 radical (unpaired) electrons. The molecule has 1 aliphatic rings. The highest BCUT2D eigenvalue weighted by molar-refractivity contribution is 7.48. The number of amides is 1. The van der Waals surface area contributed by atoms with E-state index in [4.69, 9.17) is 13.6 Å². The molecule has 12 nitrogen and oxygen atoms in total. The maximum atomic E-state index is 14.4. The molecular weight excluding hydrogens is 517 g/mol. The topological polar surface area (TPSA) is 151 Å². The Morgan fingerprint density at radius 2 is 1.53 bits per heavy atom. The third-order valence-corrected chi connectivity index (χ3v) is 7.78. The number of phosphoric acid groups is 1. The van der Waals surface area contributed by atoms with Crippen molar-refractivity contribution in [3.63, 3.8) is 0 Å². The van der Waals surface area contributed by atoms with E-state index in [1.807, 2.05) is 30.3 Å². The maximum absolute atomic E-state index is 14.4. The molecule has 0 N–H and O–H groups in total. The fraction of sp³-hybridized carbons (Fsp3) is 0.240. The Kier molecular flexibility index (Phi) is 7.70. The molecule has 0 unspecified atom stereocenters. The standard InChI is InChI=1S/C25H24N3O9P/c1-35-38(34,36-2)37-25(22(17-27(30)31)19-12-14-20(15-13-19)28(32)33)21-10-6-7-11-23(21)26(24(25)29)16-18-8-4-3-5-9-18/h3-15,22H,16-17H2,1-2H3/t22-,25-/m0/s1. The summed E-state index contributed by atoms with van der Waals surface area (Å²) in [5.74, 6) is -2.09. The third kappa shape index (κ3) is 4.94. The van der Waals surface area contributed by atoms with E-state index < -0.39 is 41.6 Å². The highest BCUT2D eigenvalue weighted by atomic mass is 31.2. The number of para-hydroxylation sites is 1. The van der Waals surface area contributed by atoms with Crippen LogP contribution in [0.5, 0.6) is 0 Å². The second-order valence-electron chi connectivity index (χ2n) is 8.45. The van der Waals surface area contributed by atoms with Crippen molar-refractivity contribution in [2.45, 2.75) is 18.1 Å². The van der Waals surface area contributed by atoms with Crippen LogP contribution in [0.3, 0.4) is 0 Å². The van der Waals surface area contributed by atoms with Crippen LogP contribution >= 0.6 is 7.82 Å². The Bertz CT molecular complexity index is 1390. The maximum Gasteiger partial charge on any atom is 0.475 e. The molecule has 198 valence electrons. The lowest BCUT2D eigenvalue weighted by atomic mass is 9.78. The smallest absolute Gasteiger partial charge is 0.305 e. The number of carbonyl (C=O) groups is 1. The minimum atomic E-state index is -4.42. The summed E-state index contributed by atoms with van der Waals surface area (Å²) < 4.78 is 29.4. The molecule has 2 atom stereocenters. The molecule has 0 fully saturated rings. The molecule has 0 bridgehead atoms. The molecule has 1 aliphatic heterocycles. The van der Waals surface area contributed by atoms with Gasteiger partial charge in [0, 0.05) is 36.8 Å². The number of hydrogen-bond donors (Lipinski definition) is 0. The number of non-ortho nitro benzene ring substituents is 1. The van der Waals surface area contributed by atoms with Gasteiger partial charge in [0.25, 0.3) is 11.6 Å². The Hall–Kier alpha value is -3.96. The van der Waals surface area contributed by atoms with Crippen LogP contribution in [0.2, 0.25) is 0 Å². The molecule has 3 aromatic rings. The number of hydrogen-bond acceptors (Lipinski definition) is 9. The van der Waals surface area contributed by atoms with Crippen molar-refractivity contribution >= 4 is 25.1 Å². The zero-order valence-electron chi connectivity index (χ0n) is 20.5. The zero-order valence-corrected chi connectivity index (χ0v) is 21.4. The largest absolute Gasteiger partial charge is 0.475 e. The van der Waals surface area contributed by atoms with Crippen molar-refractivity contribution in [3.8, 4) is 0 Å². The quantitative estimate of drug-likeness (QED) is 0.189. The number of rotatable bonds is 11. The molecule has 0 saturated carbocycles. The molecule has 0 saturated heterocycles. The predicted molar refractivity (Wildman–Crippen MR) is 136 cm³/mol. The van der Waals surface area contributed by atoms with Crippen molar-refractivity contribution in [2.24, 2.45) is 0 Å². The van der Waals surface area contributed by atoms with Gasteiger partial charge in [0.05, 0.1) is 23.1 Å². The number of carbonyl (C=O) groups excluding carboxylic acids is 1. The first-order chi connectivity index (χ1) is 18.1. The van der Waals surface area contributed by atoms with Gasteiger partial charge in [-0.1, -0.05) is 60.7 Å². The van der Waals surface area contributed by atoms with Crippen molar-refractivity contribution < 1.29 is 32.8 Å². The Morgan fingerprint density at radius 3 is 2.11 bits per heavy atom. The number of fused-ring (bicyclic) bond motifs is 1.